The molecule has 0 aromatic carbocycles. The van der Waals surface area contributed by atoms with Crippen LogP contribution < -0.4 is 0 Å². The van der Waals surface area contributed by atoms with Gasteiger partial charge in [0, 0.05) is 12.4 Å². The molecule has 2 aliphatic carbocycles. The Morgan fingerprint density at radius 1 is 1.11 bits per heavy atom. The molecule has 2 aliphatic rings. The first-order valence-corrected chi connectivity index (χ1v) is 9.10. The van der Waals surface area contributed by atoms with Crippen LogP contribution in [0.15, 0.2) is 0 Å². The first kappa shape index (κ1) is 15.8. The Morgan fingerprint density at radius 2 is 1.79 bits per heavy atom. The molecule has 0 aromatic rings. The summed E-state index contributed by atoms with van der Waals surface area (Å²) in [7, 11) is 1.83. The summed E-state index contributed by atoms with van der Waals surface area (Å²) in [6.45, 7) is 2.32. The fourth-order valence-corrected chi connectivity index (χ4v) is 4.36. The Morgan fingerprint density at radius 3 is 2.37 bits per heavy atom. The standard InChI is InChI=1S/C16H29BrO2/c1-3-13-7-9-16(12-17,10-8-13)19-15-6-4-5-14(11-15)18-2/h13-15H,3-12H2,1-2H3. The van der Waals surface area contributed by atoms with E-state index in [0.29, 0.717) is 12.2 Å². The molecule has 0 saturated heterocycles. The van der Waals surface area contributed by atoms with Gasteiger partial charge < -0.3 is 9.47 Å². The summed E-state index contributed by atoms with van der Waals surface area (Å²) in [5, 5.41) is 0.991. The maximum atomic E-state index is 6.57. The molecule has 2 saturated carbocycles. The van der Waals surface area contributed by atoms with Crippen molar-refractivity contribution in [2.24, 2.45) is 5.92 Å². The summed E-state index contributed by atoms with van der Waals surface area (Å²) in [5.74, 6) is 0.925. The van der Waals surface area contributed by atoms with Crippen LogP contribution in [0.25, 0.3) is 0 Å². The molecule has 0 N–H and O–H groups in total. The molecular weight excluding hydrogens is 304 g/mol. The van der Waals surface area contributed by atoms with E-state index in [1.54, 1.807) is 0 Å². The van der Waals surface area contributed by atoms with Crippen molar-refractivity contribution in [3.05, 3.63) is 0 Å². The molecule has 0 amide bonds. The summed E-state index contributed by atoms with van der Waals surface area (Å²) < 4.78 is 12.1. The van der Waals surface area contributed by atoms with Crippen LogP contribution in [0.1, 0.15) is 64.7 Å². The summed E-state index contributed by atoms with van der Waals surface area (Å²) >= 11 is 3.71. The van der Waals surface area contributed by atoms with E-state index < -0.39 is 0 Å². The average Bonchev–Trinajstić information content (AvgIpc) is 2.48. The van der Waals surface area contributed by atoms with Gasteiger partial charge in [0.2, 0.25) is 0 Å². The van der Waals surface area contributed by atoms with Crippen molar-refractivity contribution >= 4 is 15.9 Å². The Labute approximate surface area is 126 Å². The van der Waals surface area contributed by atoms with Gasteiger partial charge in [-0.3, -0.25) is 0 Å². The summed E-state index contributed by atoms with van der Waals surface area (Å²) in [5.41, 5.74) is 0.103. The lowest BCUT2D eigenvalue weighted by molar-refractivity contribution is -0.130. The van der Waals surface area contributed by atoms with E-state index in [1.165, 1.54) is 51.4 Å². The van der Waals surface area contributed by atoms with Gasteiger partial charge >= 0.3 is 0 Å². The van der Waals surface area contributed by atoms with Gasteiger partial charge in [0.05, 0.1) is 17.8 Å². The van der Waals surface area contributed by atoms with Crippen molar-refractivity contribution in [3.8, 4) is 0 Å². The fraction of sp³-hybridized carbons (Fsp3) is 1.00. The van der Waals surface area contributed by atoms with E-state index in [-0.39, 0.29) is 5.60 Å². The second-order valence-corrected chi connectivity index (χ2v) is 6.99. The van der Waals surface area contributed by atoms with Gasteiger partial charge in [0.15, 0.2) is 0 Å². The summed E-state index contributed by atoms with van der Waals surface area (Å²) in [6.07, 6.45) is 12.0. The third kappa shape index (κ3) is 4.18. The number of hydrogen-bond donors (Lipinski definition) is 0. The minimum Gasteiger partial charge on any atom is -0.381 e. The smallest absolute Gasteiger partial charge is 0.0782 e. The molecule has 2 nitrogen and oxygen atoms in total. The van der Waals surface area contributed by atoms with Gasteiger partial charge in [-0.2, -0.15) is 0 Å². The maximum absolute atomic E-state index is 6.57. The molecule has 3 heteroatoms. The second kappa shape index (κ2) is 7.42. The molecular formula is C16H29BrO2. The van der Waals surface area contributed by atoms with Gasteiger partial charge in [-0.15, -0.1) is 0 Å². The average molecular weight is 333 g/mol. The molecule has 2 atom stereocenters. The van der Waals surface area contributed by atoms with Crippen LogP contribution in [0.4, 0.5) is 0 Å². The SMILES string of the molecule is CCC1CCC(CBr)(OC2CCCC(OC)C2)CC1. The molecule has 2 rings (SSSR count). The number of hydrogen-bond acceptors (Lipinski definition) is 2. The third-order valence-electron chi connectivity index (χ3n) is 5.17. The minimum atomic E-state index is 0.103. The molecule has 0 aromatic heterocycles. The van der Waals surface area contributed by atoms with E-state index in [2.05, 4.69) is 22.9 Å². The Balaban J connectivity index is 1.88. The first-order valence-electron chi connectivity index (χ1n) is 7.98. The number of ether oxygens (including phenoxy) is 2. The molecule has 0 heterocycles. The monoisotopic (exact) mass is 332 g/mol. The molecule has 0 aliphatic heterocycles. The zero-order chi connectivity index (χ0) is 13.7. The predicted molar refractivity (Wildman–Crippen MR) is 82.9 cm³/mol. The zero-order valence-corrected chi connectivity index (χ0v) is 14.1. The van der Waals surface area contributed by atoms with E-state index in [0.717, 1.165) is 17.7 Å². The number of alkyl halides is 1. The lowest BCUT2D eigenvalue weighted by atomic mass is 9.78. The number of rotatable bonds is 5. The van der Waals surface area contributed by atoms with Gasteiger partial charge in [-0.05, 0) is 57.3 Å². The third-order valence-corrected chi connectivity index (χ3v) is 6.19. The highest BCUT2D eigenvalue weighted by Crippen LogP contribution is 2.40. The fourth-order valence-electron chi connectivity index (χ4n) is 3.67. The van der Waals surface area contributed by atoms with Crippen LogP contribution in [-0.2, 0) is 9.47 Å². The molecule has 0 radical (unpaired) electrons. The molecule has 19 heavy (non-hydrogen) atoms. The van der Waals surface area contributed by atoms with Crippen molar-refractivity contribution in [2.45, 2.75) is 82.5 Å². The van der Waals surface area contributed by atoms with Gasteiger partial charge in [0.1, 0.15) is 0 Å². The Kier molecular flexibility index (Phi) is 6.16. The van der Waals surface area contributed by atoms with E-state index >= 15 is 0 Å². The topological polar surface area (TPSA) is 18.5 Å². The van der Waals surface area contributed by atoms with Crippen molar-refractivity contribution < 1.29 is 9.47 Å². The molecule has 112 valence electrons. The van der Waals surface area contributed by atoms with Crippen LogP contribution in [0.5, 0.6) is 0 Å². The van der Waals surface area contributed by atoms with Crippen molar-refractivity contribution in [3.63, 3.8) is 0 Å². The van der Waals surface area contributed by atoms with Gasteiger partial charge in [-0.25, -0.2) is 0 Å². The number of halogens is 1. The van der Waals surface area contributed by atoms with Crippen molar-refractivity contribution in [1.82, 2.24) is 0 Å². The van der Waals surface area contributed by atoms with Crippen molar-refractivity contribution in [1.29, 1.82) is 0 Å². The van der Waals surface area contributed by atoms with Crippen LogP contribution in [0.3, 0.4) is 0 Å². The van der Waals surface area contributed by atoms with E-state index in [1.807, 2.05) is 7.11 Å². The molecule has 2 unspecified atom stereocenters. The van der Waals surface area contributed by atoms with E-state index in [4.69, 9.17) is 9.47 Å². The lowest BCUT2D eigenvalue weighted by Crippen LogP contribution is -2.43. The largest absolute Gasteiger partial charge is 0.381 e. The van der Waals surface area contributed by atoms with Crippen LogP contribution in [0.2, 0.25) is 0 Å². The van der Waals surface area contributed by atoms with Crippen molar-refractivity contribution in [2.75, 3.05) is 12.4 Å². The quantitative estimate of drug-likeness (QED) is 0.679. The summed E-state index contributed by atoms with van der Waals surface area (Å²) in [6, 6.07) is 0. The highest BCUT2D eigenvalue weighted by molar-refractivity contribution is 9.09. The highest BCUT2D eigenvalue weighted by Gasteiger charge is 2.38. The van der Waals surface area contributed by atoms with Gasteiger partial charge in [-0.1, -0.05) is 29.3 Å². The molecule has 0 bridgehead atoms. The predicted octanol–water partition coefficient (Wildman–Crippen LogP) is 4.69. The zero-order valence-electron chi connectivity index (χ0n) is 12.5. The molecule has 2 fully saturated rings. The summed E-state index contributed by atoms with van der Waals surface area (Å²) in [4.78, 5) is 0. The highest BCUT2D eigenvalue weighted by atomic mass is 79.9. The van der Waals surface area contributed by atoms with Crippen LogP contribution in [-0.4, -0.2) is 30.2 Å². The normalized spacial score (nSPS) is 40.3. The Hall–Kier alpha value is 0.400. The first-order chi connectivity index (χ1) is 9.21. The van der Waals surface area contributed by atoms with Crippen LogP contribution >= 0.6 is 15.9 Å². The maximum Gasteiger partial charge on any atom is 0.0782 e. The minimum absolute atomic E-state index is 0.103. The van der Waals surface area contributed by atoms with Crippen LogP contribution in [0, 0.1) is 5.92 Å². The lowest BCUT2D eigenvalue weighted by Gasteiger charge is -2.43. The molecule has 0 spiro atoms. The second-order valence-electron chi connectivity index (χ2n) is 6.43. The number of methoxy groups -OCH3 is 1. The van der Waals surface area contributed by atoms with Gasteiger partial charge in [0.25, 0.3) is 0 Å². The Bertz CT molecular complexity index is 261. The van der Waals surface area contributed by atoms with E-state index in [9.17, 15) is 0 Å².